The van der Waals surface area contributed by atoms with E-state index in [1.165, 1.54) is 16.7 Å². The van der Waals surface area contributed by atoms with Gasteiger partial charge in [0.1, 0.15) is 11.9 Å². The first-order valence-electron chi connectivity index (χ1n) is 6.26. The van der Waals surface area contributed by atoms with Crippen molar-refractivity contribution < 1.29 is 4.74 Å². The molecule has 0 fully saturated rings. The van der Waals surface area contributed by atoms with Crippen molar-refractivity contribution in [1.82, 2.24) is 5.32 Å². The van der Waals surface area contributed by atoms with Gasteiger partial charge in [0.15, 0.2) is 0 Å². The van der Waals surface area contributed by atoms with Crippen LogP contribution in [0, 0.1) is 0 Å². The molecule has 17 heavy (non-hydrogen) atoms. The molecule has 1 atom stereocenters. The summed E-state index contributed by atoms with van der Waals surface area (Å²) in [5.74, 6) is 1.01. The second-order valence-electron chi connectivity index (χ2n) is 4.46. The number of nitrogens with one attached hydrogen (secondary N) is 1. The molecule has 0 amide bonds. The van der Waals surface area contributed by atoms with E-state index in [-0.39, 0.29) is 6.10 Å². The molecule has 2 nitrogen and oxygen atoms in total. The minimum atomic E-state index is 0.190. The van der Waals surface area contributed by atoms with Crippen molar-refractivity contribution in [2.24, 2.45) is 0 Å². The summed E-state index contributed by atoms with van der Waals surface area (Å²) in [4.78, 5) is 0. The minimum absolute atomic E-state index is 0.190. The van der Waals surface area contributed by atoms with Crippen LogP contribution in [-0.4, -0.2) is 19.2 Å². The maximum absolute atomic E-state index is 6.09. The van der Waals surface area contributed by atoms with Crippen LogP contribution in [-0.2, 0) is 0 Å². The number of rotatable bonds is 3. The fourth-order valence-corrected chi connectivity index (χ4v) is 2.54. The van der Waals surface area contributed by atoms with E-state index < -0.39 is 0 Å². The molecule has 1 aliphatic carbocycles. The van der Waals surface area contributed by atoms with Crippen molar-refractivity contribution in [3.05, 3.63) is 47.6 Å². The molecule has 0 spiro atoms. The first-order valence-corrected chi connectivity index (χ1v) is 6.26. The number of benzene rings is 1. The zero-order valence-corrected chi connectivity index (χ0v) is 10.1. The molecule has 2 aliphatic rings. The molecule has 0 saturated carbocycles. The third-order valence-corrected chi connectivity index (χ3v) is 3.38. The summed E-state index contributed by atoms with van der Waals surface area (Å²) in [5.41, 5.74) is 4.03. The summed E-state index contributed by atoms with van der Waals surface area (Å²) >= 11 is 0. The topological polar surface area (TPSA) is 21.3 Å². The summed E-state index contributed by atoms with van der Waals surface area (Å²) < 4.78 is 6.09. The van der Waals surface area contributed by atoms with Crippen molar-refractivity contribution in [3.8, 4) is 5.75 Å². The quantitative estimate of drug-likeness (QED) is 0.857. The Morgan fingerprint density at radius 1 is 1.35 bits per heavy atom. The van der Waals surface area contributed by atoms with Crippen LogP contribution in [0.5, 0.6) is 5.75 Å². The van der Waals surface area contributed by atoms with Crippen LogP contribution in [0.25, 0.3) is 5.57 Å². The van der Waals surface area contributed by atoms with Gasteiger partial charge in [0, 0.05) is 12.1 Å². The number of hydrogen-bond acceptors (Lipinski definition) is 2. The molecule has 0 aromatic heterocycles. The standard InChI is InChI=1S/C15H17NO/c1-2-16-10-15-13-8-5-7-11(13)12-6-3-4-9-14(12)17-15/h3-7,9,15-16H,2,8,10H2,1H3. The molecule has 1 N–H and O–H groups in total. The maximum Gasteiger partial charge on any atom is 0.133 e. The van der Waals surface area contributed by atoms with Crippen molar-refractivity contribution in [2.75, 3.05) is 13.1 Å². The maximum atomic E-state index is 6.09. The highest BCUT2D eigenvalue weighted by molar-refractivity contribution is 5.84. The number of hydrogen-bond donors (Lipinski definition) is 1. The van der Waals surface area contributed by atoms with E-state index in [1.807, 2.05) is 6.07 Å². The van der Waals surface area contributed by atoms with Gasteiger partial charge in [-0.15, -0.1) is 0 Å². The lowest BCUT2D eigenvalue weighted by Gasteiger charge is -2.28. The molecule has 2 heteroatoms. The third kappa shape index (κ3) is 1.79. The first kappa shape index (κ1) is 10.6. The van der Waals surface area contributed by atoms with Gasteiger partial charge in [-0.3, -0.25) is 0 Å². The summed E-state index contributed by atoms with van der Waals surface area (Å²) in [6.45, 7) is 4.00. The summed E-state index contributed by atoms with van der Waals surface area (Å²) in [7, 11) is 0. The Kier molecular flexibility index (Phi) is 2.73. The van der Waals surface area contributed by atoms with Crippen molar-refractivity contribution >= 4 is 5.57 Å². The van der Waals surface area contributed by atoms with Gasteiger partial charge in [0.05, 0.1) is 0 Å². The Morgan fingerprint density at radius 2 is 2.24 bits per heavy atom. The zero-order chi connectivity index (χ0) is 11.7. The first-order chi connectivity index (χ1) is 8.40. The Labute approximate surface area is 102 Å². The van der Waals surface area contributed by atoms with E-state index in [0.717, 1.165) is 25.3 Å². The van der Waals surface area contributed by atoms with Crippen molar-refractivity contribution in [3.63, 3.8) is 0 Å². The molecule has 1 aromatic rings. The average molecular weight is 227 g/mol. The second kappa shape index (κ2) is 4.38. The van der Waals surface area contributed by atoms with Crippen LogP contribution in [0.1, 0.15) is 18.9 Å². The lowest BCUT2D eigenvalue weighted by molar-refractivity contribution is 0.227. The van der Waals surface area contributed by atoms with Crippen LogP contribution >= 0.6 is 0 Å². The van der Waals surface area contributed by atoms with Gasteiger partial charge < -0.3 is 10.1 Å². The normalized spacial score (nSPS) is 21.1. The lowest BCUT2D eigenvalue weighted by atomic mass is 9.95. The number of likely N-dealkylation sites (N-methyl/N-ethyl adjacent to an activating group) is 1. The lowest BCUT2D eigenvalue weighted by Crippen LogP contribution is -2.34. The molecular formula is C15H17NO. The van der Waals surface area contributed by atoms with Crippen LogP contribution in [0.4, 0.5) is 0 Å². The minimum Gasteiger partial charge on any atom is -0.484 e. The fraction of sp³-hybridized carbons (Fsp3) is 0.333. The summed E-state index contributed by atoms with van der Waals surface area (Å²) in [6.07, 6.45) is 5.68. The molecule has 0 saturated heterocycles. The number of ether oxygens (including phenoxy) is 1. The molecule has 1 heterocycles. The van der Waals surface area contributed by atoms with Gasteiger partial charge in [-0.1, -0.05) is 37.3 Å². The van der Waals surface area contributed by atoms with Crippen molar-refractivity contribution in [2.45, 2.75) is 19.4 Å². The fourth-order valence-electron chi connectivity index (χ4n) is 2.54. The van der Waals surface area contributed by atoms with Gasteiger partial charge in [-0.2, -0.15) is 0 Å². The molecule has 1 aromatic carbocycles. The van der Waals surface area contributed by atoms with Crippen LogP contribution < -0.4 is 10.1 Å². The van der Waals surface area contributed by atoms with Crippen LogP contribution in [0.3, 0.4) is 0 Å². The van der Waals surface area contributed by atoms with Gasteiger partial charge in [-0.25, -0.2) is 0 Å². The Hall–Kier alpha value is -1.54. The zero-order valence-electron chi connectivity index (χ0n) is 10.1. The van der Waals surface area contributed by atoms with Crippen LogP contribution in [0.2, 0.25) is 0 Å². The van der Waals surface area contributed by atoms with E-state index in [1.54, 1.807) is 0 Å². The largest absolute Gasteiger partial charge is 0.484 e. The molecular weight excluding hydrogens is 210 g/mol. The van der Waals surface area contributed by atoms with Crippen molar-refractivity contribution in [1.29, 1.82) is 0 Å². The Morgan fingerprint density at radius 3 is 3.12 bits per heavy atom. The van der Waals surface area contributed by atoms with E-state index in [4.69, 9.17) is 4.74 Å². The van der Waals surface area contributed by atoms with E-state index in [9.17, 15) is 0 Å². The molecule has 3 rings (SSSR count). The van der Waals surface area contributed by atoms with E-state index in [0.29, 0.717) is 0 Å². The highest BCUT2D eigenvalue weighted by Gasteiger charge is 2.28. The predicted molar refractivity (Wildman–Crippen MR) is 70.1 cm³/mol. The van der Waals surface area contributed by atoms with Gasteiger partial charge in [0.25, 0.3) is 0 Å². The molecule has 0 bridgehead atoms. The van der Waals surface area contributed by atoms with E-state index >= 15 is 0 Å². The molecule has 1 unspecified atom stereocenters. The Bertz CT molecular complexity index is 487. The third-order valence-electron chi connectivity index (χ3n) is 3.38. The molecule has 88 valence electrons. The summed E-state index contributed by atoms with van der Waals surface area (Å²) in [6, 6.07) is 8.31. The Balaban J connectivity index is 1.97. The molecule has 0 radical (unpaired) electrons. The smallest absolute Gasteiger partial charge is 0.133 e. The SMILES string of the molecule is CCNCC1Oc2ccccc2C2=C1CC=C2. The second-order valence-corrected chi connectivity index (χ2v) is 4.46. The van der Waals surface area contributed by atoms with Gasteiger partial charge in [-0.05, 0) is 30.2 Å². The van der Waals surface area contributed by atoms with Crippen LogP contribution in [0.15, 0.2) is 42.0 Å². The highest BCUT2D eigenvalue weighted by Crippen LogP contribution is 2.40. The van der Waals surface area contributed by atoms with E-state index in [2.05, 4.69) is 42.6 Å². The van der Waals surface area contributed by atoms with Gasteiger partial charge >= 0.3 is 0 Å². The number of allylic oxidation sites excluding steroid dienone is 3. The highest BCUT2D eigenvalue weighted by atomic mass is 16.5. The average Bonchev–Trinajstić information content (AvgIpc) is 2.85. The monoisotopic (exact) mass is 227 g/mol. The number of fused-ring (bicyclic) bond motifs is 2. The summed E-state index contributed by atoms with van der Waals surface area (Å²) in [5, 5.41) is 3.37. The predicted octanol–water partition coefficient (Wildman–Crippen LogP) is 2.77. The number of para-hydroxylation sites is 1. The van der Waals surface area contributed by atoms with Gasteiger partial charge in [0.2, 0.25) is 0 Å². The molecule has 1 aliphatic heterocycles.